The number of para-hydroxylation sites is 1. The van der Waals surface area contributed by atoms with E-state index in [9.17, 15) is 5.26 Å². The molecule has 0 saturated heterocycles. The van der Waals surface area contributed by atoms with Crippen molar-refractivity contribution in [2.45, 2.75) is 32.1 Å². The van der Waals surface area contributed by atoms with Crippen LogP contribution in [-0.2, 0) is 5.41 Å². The van der Waals surface area contributed by atoms with Crippen LogP contribution in [0.4, 0.5) is 0 Å². The Morgan fingerprint density at radius 2 is 2.06 bits per heavy atom. The molecule has 0 bridgehead atoms. The zero-order chi connectivity index (χ0) is 13.4. The lowest BCUT2D eigenvalue weighted by molar-refractivity contribution is 0.386. The summed E-state index contributed by atoms with van der Waals surface area (Å²) in [5.41, 5.74) is 0.532. The number of hydrogen-bond donors (Lipinski definition) is 1. The highest BCUT2D eigenvalue weighted by molar-refractivity contribution is 5.43. The van der Waals surface area contributed by atoms with Crippen molar-refractivity contribution in [1.82, 2.24) is 5.32 Å². The van der Waals surface area contributed by atoms with Gasteiger partial charge in [0.25, 0.3) is 0 Å². The average molecular weight is 246 g/mol. The first-order valence-corrected chi connectivity index (χ1v) is 6.49. The summed E-state index contributed by atoms with van der Waals surface area (Å²) in [5, 5.41) is 12.9. The van der Waals surface area contributed by atoms with Crippen LogP contribution in [0.1, 0.15) is 32.3 Å². The molecule has 3 heteroatoms. The molecule has 0 amide bonds. The molecule has 0 aliphatic rings. The minimum Gasteiger partial charge on any atom is -0.496 e. The lowest BCUT2D eigenvalue weighted by Gasteiger charge is -2.27. The molecule has 0 spiro atoms. The third kappa shape index (κ3) is 3.02. The molecule has 0 aliphatic carbocycles. The second-order valence-electron chi connectivity index (χ2n) is 4.35. The molecular formula is C15H22N2O. The first-order chi connectivity index (χ1) is 8.74. The Balaban J connectivity index is 3.06. The molecule has 0 fully saturated rings. The zero-order valence-corrected chi connectivity index (χ0v) is 11.5. The molecule has 1 atom stereocenters. The van der Waals surface area contributed by atoms with Gasteiger partial charge in [-0.1, -0.05) is 32.0 Å². The monoisotopic (exact) mass is 246 g/mol. The van der Waals surface area contributed by atoms with E-state index in [1.54, 1.807) is 7.11 Å². The highest BCUT2D eigenvalue weighted by Gasteiger charge is 2.32. The van der Waals surface area contributed by atoms with E-state index in [4.69, 9.17) is 4.74 Å². The molecule has 0 saturated carbocycles. The molecule has 0 radical (unpaired) electrons. The van der Waals surface area contributed by atoms with Crippen LogP contribution in [0.3, 0.4) is 0 Å². The van der Waals surface area contributed by atoms with E-state index in [1.165, 1.54) is 0 Å². The summed E-state index contributed by atoms with van der Waals surface area (Å²) < 4.78 is 5.39. The second-order valence-corrected chi connectivity index (χ2v) is 4.35. The van der Waals surface area contributed by atoms with Gasteiger partial charge in [0, 0.05) is 5.56 Å². The van der Waals surface area contributed by atoms with Crippen LogP contribution >= 0.6 is 0 Å². The topological polar surface area (TPSA) is 45.0 Å². The first-order valence-electron chi connectivity index (χ1n) is 6.49. The number of rotatable bonds is 7. The normalized spacial score (nSPS) is 13.7. The van der Waals surface area contributed by atoms with Crippen LogP contribution in [0.5, 0.6) is 5.75 Å². The lowest BCUT2D eigenvalue weighted by atomic mass is 9.76. The molecule has 1 rings (SSSR count). The van der Waals surface area contributed by atoms with Crippen molar-refractivity contribution in [3.05, 3.63) is 29.8 Å². The maximum absolute atomic E-state index is 9.62. The van der Waals surface area contributed by atoms with E-state index in [0.29, 0.717) is 0 Å². The number of methoxy groups -OCH3 is 1. The summed E-state index contributed by atoms with van der Waals surface area (Å²) in [4.78, 5) is 0. The largest absolute Gasteiger partial charge is 0.496 e. The van der Waals surface area contributed by atoms with Crippen LogP contribution in [0, 0.1) is 11.3 Å². The van der Waals surface area contributed by atoms with Crippen molar-refractivity contribution < 1.29 is 4.74 Å². The van der Waals surface area contributed by atoms with E-state index in [2.05, 4.69) is 25.2 Å². The minimum atomic E-state index is -0.464. The number of hydrogen-bond acceptors (Lipinski definition) is 3. The molecule has 18 heavy (non-hydrogen) atoms. The quantitative estimate of drug-likeness (QED) is 0.752. The Hall–Kier alpha value is -1.53. The third-order valence-electron chi connectivity index (χ3n) is 3.42. The van der Waals surface area contributed by atoms with Gasteiger partial charge in [0.1, 0.15) is 5.75 Å². The van der Waals surface area contributed by atoms with Crippen molar-refractivity contribution in [2.75, 3.05) is 20.2 Å². The van der Waals surface area contributed by atoms with Gasteiger partial charge in [-0.15, -0.1) is 0 Å². The standard InChI is InChI=1S/C15H22N2O/c1-4-15(12-16,10-11-17-5-2)13-8-6-7-9-14(13)18-3/h6-9,17H,4-5,10-11H2,1-3H3. The van der Waals surface area contributed by atoms with Gasteiger partial charge in [0.05, 0.1) is 18.6 Å². The van der Waals surface area contributed by atoms with Crippen molar-refractivity contribution in [2.24, 2.45) is 0 Å². The van der Waals surface area contributed by atoms with Gasteiger partial charge in [-0.3, -0.25) is 0 Å². The van der Waals surface area contributed by atoms with Crippen molar-refractivity contribution >= 4 is 0 Å². The summed E-state index contributed by atoms with van der Waals surface area (Å²) in [7, 11) is 1.65. The molecule has 1 unspecified atom stereocenters. The van der Waals surface area contributed by atoms with Crippen LogP contribution in [0.2, 0.25) is 0 Å². The van der Waals surface area contributed by atoms with E-state index in [-0.39, 0.29) is 0 Å². The minimum absolute atomic E-state index is 0.464. The molecule has 1 aromatic rings. The van der Waals surface area contributed by atoms with E-state index in [0.717, 1.165) is 37.2 Å². The predicted molar refractivity (Wildman–Crippen MR) is 73.7 cm³/mol. The van der Waals surface area contributed by atoms with Crippen LogP contribution in [0.15, 0.2) is 24.3 Å². The van der Waals surface area contributed by atoms with Gasteiger partial charge >= 0.3 is 0 Å². The Bertz CT molecular complexity index is 411. The Labute approximate surface area is 110 Å². The van der Waals surface area contributed by atoms with Gasteiger partial charge in [0.2, 0.25) is 0 Å². The van der Waals surface area contributed by atoms with Crippen molar-refractivity contribution in [3.63, 3.8) is 0 Å². The second kappa shape index (κ2) is 7.03. The molecule has 0 aromatic heterocycles. The fourth-order valence-electron chi connectivity index (χ4n) is 2.22. The van der Waals surface area contributed by atoms with Gasteiger partial charge in [-0.2, -0.15) is 5.26 Å². The molecule has 3 nitrogen and oxygen atoms in total. The first kappa shape index (κ1) is 14.5. The summed E-state index contributed by atoms with van der Waals surface area (Å²) in [5.74, 6) is 0.803. The van der Waals surface area contributed by atoms with E-state index < -0.39 is 5.41 Å². The Morgan fingerprint density at radius 3 is 2.61 bits per heavy atom. The van der Waals surface area contributed by atoms with Gasteiger partial charge in [0.15, 0.2) is 0 Å². The van der Waals surface area contributed by atoms with E-state index in [1.807, 2.05) is 24.3 Å². The lowest BCUT2D eigenvalue weighted by Crippen LogP contribution is -2.29. The fraction of sp³-hybridized carbons (Fsp3) is 0.533. The summed E-state index contributed by atoms with van der Waals surface area (Å²) in [6, 6.07) is 10.3. The van der Waals surface area contributed by atoms with Crippen molar-refractivity contribution in [1.29, 1.82) is 5.26 Å². The smallest absolute Gasteiger partial charge is 0.123 e. The summed E-state index contributed by atoms with van der Waals surface area (Å²) >= 11 is 0. The Kier molecular flexibility index (Phi) is 5.67. The number of nitrogens with zero attached hydrogens (tertiary/aromatic N) is 1. The Morgan fingerprint density at radius 1 is 1.33 bits per heavy atom. The van der Waals surface area contributed by atoms with Crippen LogP contribution < -0.4 is 10.1 Å². The van der Waals surface area contributed by atoms with Crippen LogP contribution in [0.25, 0.3) is 0 Å². The van der Waals surface area contributed by atoms with E-state index >= 15 is 0 Å². The molecular weight excluding hydrogens is 224 g/mol. The predicted octanol–water partition coefficient (Wildman–Crippen LogP) is 2.87. The van der Waals surface area contributed by atoms with Gasteiger partial charge in [-0.25, -0.2) is 0 Å². The van der Waals surface area contributed by atoms with Crippen LogP contribution in [-0.4, -0.2) is 20.2 Å². The number of nitrogens with one attached hydrogen (secondary N) is 1. The molecule has 0 heterocycles. The number of ether oxygens (including phenoxy) is 1. The number of nitriles is 1. The highest BCUT2D eigenvalue weighted by atomic mass is 16.5. The maximum Gasteiger partial charge on any atom is 0.123 e. The fourth-order valence-corrected chi connectivity index (χ4v) is 2.22. The molecule has 98 valence electrons. The summed E-state index contributed by atoms with van der Waals surface area (Å²) in [6.07, 6.45) is 1.59. The molecule has 1 aromatic carbocycles. The summed E-state index contributed by atoms with van der Waals surface area (Å²) in [6.45, 7) is 5.90. The highest BCUT2D eigenvalue weighted by Crippen LogP contribution is 2.36. The van der Waals surface area contributed by atoms with Crippen molar-refractivity contribution in [3.8, 4) is 11.8 Å². The average Bonchev–Trinajstić information content (AvgIpc) is 2.44. The van der Waals surface area contributed by atoms with Gasteiger partial charge < -0.3 is 10.1 Å². The van der Waals surface area contributed by atoms with Gasteiger partial charge in [-0.05, 0) is 32.0 Å². The zero-order valence-electron chi connectivity index (χ0n) is 11.5. The third-order valence-corrected chi connectivity index (χ3v) is 3.42. The maximum atomic E-state index is 9.62. The SMILES string of the molecule is CCNCCC(C#N)(CC)c1ccccc1OC. The molecule has 0 aliphatic heterocycles. The number of benzene rings is 1. The molecule has 1 N–H and O–H groups in total.